The Morgan fingerprint density at radius 2 is 1.87 bits per heavy atom. The van der Waals surface area contributed by atoms with Crippen LogP contribution in [-0.4, -0.2) is 0 Å². The Bertz CT molecular complexity index is 318. The van der Waals surface area contributed by atoms with Gasteiger partial charge in [0, 0.05) is 0 Å². The van der Waals surface area contributed by atoms with Gasteiger partial charge in [0.15, 0.2) is 0 Å². The Kier molecular flexibility index (Phi) is 1.25. The first-order valence-electron chi connectivity index (χ1n) is 7.40. The molecule has 0 aromatic rings. The molecule has 5 rings (SSSR count). The summed E-state index contributed by atoms with van der Waals surface area (Å²) in [6.07, 6.45) is 13.0. The average molecular weight is 202 g/mol. The number of hydrogen-bond donors (Lipinski definition) is 0. The zero-order chi connectivity index (χ0) is 9.62. The molecule has 0 aliphatic heterocycles. The van der Waals surface area contributed by atoms with E-state index in [-0.39, 0.29) is 0 Å². The van der Waals surface area contributed by atoms with Gasteiger partial charge in [-0.15, -0.1) is 0 Å². The first-order chi connectivity index (χ1) is 7.40. The lowest BCUT2D eigenvalue weighted by atomic mass is 9.73. The molecule has 0 nitrogen and oxygen atoms in total. The van der Waals surface area contributed by atoms with E-state index in [0.717, 1.165) is 5.41 Å². The minimum Gasteiger partial charge on any atom is -0.0525 e. The van der Waals surface area contributed by atoms with Crippen molar-refractivity contribution < 1.29 is 0 Å². The molecule has 0 amide bonds. The van der Waals surface area contributed by atoms with Gasteiger partial charge in [0.05, 0.1) is 0 Å². The largest absolute Gasteiger partial charge is 0.0525 e. The summed E-state index contributed by atoms with van der Waals surface area (Å²) in [6.45, 7) is 0. The van der Waals surface area contributed by atoms with Crippen LogP contribution in [0.3, 0.4) is 0 Å². The molecule has 0 radical (unpaired) electrons. The predicted octanol–water partition coefficient (Wildman–Crippen LogP) is 3.86. The molecule has 0 aromatic heterocycles. The second kappa shape index (κ2) is 2.31. The molecular weight excluding hydrogens is 180 g/mol. The lowest BCUT2D eigenvalue weighted by Gasteiger charge is -2.31. The Hall–Kier alpha value is 0. The predicted molar refractivity (Wildman–Crippen MR) is 60.3 cm³/mol. The lowest BCUT2D eigenvalue weighted by Crippen LogP contribution is -2.25. The van der Waals surface area contributed by atoms with Gasteiger partial charge in [0.2, 0.25) is 0 Å². The van der Waals surface area contributed by atoms with Gasteiger partial charge in [-0.25, -0.2) is 0 Å². The summed E-state index contributed by atoms with van der Waals surface area (Å²) in [7, 11) is 0. The van der Waals surface area contributed by atoms with Crippen LogP contribution in [0.25, 0.3) is 0 Å². The maximum atomic E-state index is 1.65. The summed E-state index contributed by atoms with van der Waals surface area (Å²) in [4.78, 5) is 0. The molecule has 0 bridgehead atoms. The van der Waals surface area contributed by atoms with Crippen LogP contribution in [0, 0.1) is 40.9 Å². The third-order valence-electron chi connectivity index (χ3n) is 7.49. The maximum Gasteiger partial charge on any atom is -0.0233 e. The van der Waals surface area contributed by atoms with Gasteiger partial charge in [0.25, 0.3) is 0 Å². The highest BCUT2D eigenvalue weighted by molar-refractivity contribution is 5.19. The molecule has 0 saturated heterocycles. The van der Waals surface area contributed by atoms with Crippen LogP contribution in [-0.2, 0) is 0 Å². The van der Waals surface area contributed by atoms with E-state index in [9.17, 15) is 0 Å². The zero-order valence-electron chi connectivity index (χ0n) is 9.62. The number of fused-ring (bicyclic) bond motifs is 1. The monoisotopic (exact) mass is 202 g/mol. The fourth-order valence-electron chi connectivity index (χ4n) is 7.55. The second-order valence-electron chi connectivity index (χ2n) is 7.37. The molecule has 5 saturated carbocycles. The van der Waals surface area contributed by atoms with E-state index < -0.39 is 0 Å². The molecule has 5 aliphatic rings. The van der Waals surface area contributed by atoms with Gasteiger partial charge in [-0.05, 0) is 85.9 Å². The van der Waals surface area contributed by atoms with Gasteiger partial charge in [-0.2, -0.15) is 0 Å². The molecule has 0 N–H and O–H groups in total. The van der Waals surface area contributed by atoms with Crippen LogP contribution in [0.2, 0.25) is 0 Å². The molecule has 0 heterocycles. The summed E-state index contributed by atoms with van der Waals surface area (Å²) < 4.78 is 0. The van der Waals surface area contributed by atoms with Crippen molar-refractivity contribution >= 4 is 0 Å². The van der Waals surface area contributed by atoms with Gasteiger partial charge in [-0.1, -0.05) is 6.42 Å². The topological polar surface area (TPSA) is 0 Å². The van der Waals surface area contributed by atoms with Gasteiger partial charge in [0.1, 0.15) is 0 Å². The maximum absolute atomic E-state index is 1.65. The number of hydrogen-bond acceptors (Lipinski definition) is 0. The molecule has 0 heteroatoms. The van der Waals surface area contributed by atoms with E-state index in [1.165, 1.54) is 35.5 Å². The smallest absolute Gasteiger partial charge is 0.0233 e. The first kappa shape index (κ1) is 8.14. The van der Waals surface area contributed by atoms with Gasteiger partial charge < -0.3 is 0 Å². The summed E-state index contributed by atoms with van der Waals surface area (Å²) >= 11 is 0. The fourth-order valence-corrected chi connectivity index (χ4v) is 7.55. The van der Waals surface area contributed by atoms with E-state index >= 15 is 0 Å². The Morgan fingerprint density at radius 3 is 2.87 bits per heavy atom. The van der Waals surface area contributed by atoms with Gasteiger partial charge in [-0.3, -0.25) is 0 Å². The highest BCUT2D eigenvalue weighted by Crippen LogP contribution is 2.78. The average Bonchev–Trinajstić information content (AvgIpc) is 2.92. The van der Waals surface area contributed by atoms with Crippen LogP contribution < -0.4 is 0 Å². The molecule has 1 spiro atoms. The van der Waals surface area contributed by atoms with Crippen molar-refractivity contribution in [3.63, 3.8) is 0 Å². The van der Waals surface area contributed by atoms with E-state index in [1.54, 1.807) is 51.4 Å². The van der Waals surface area contributed by atoms with Crippen molar-refractivity contribution in [2.45, 2.75) is 51.4 Å². The van der Waals surface area contributed by atoms with Crippen LogP contribution in [0.4, 0.5) is 0 Å². The van der Waals surface area contributed by atoms with Crippen molar-refractivity contribution in [3.8, 4) is 0 Å². The highest BCUT2D eigenvalue weighted by atomic mass is 14.7. The van der Waals surface area contributed by atoms with Crippen molar-refractivity contribution in [1.29, 1.82) is 0 Å². The summed E-state index contributed by atoms with van der Waals surface area (Å²) in [5.74, 6) is 7.31. The van der Waals surface area contributed by atoms with E-state index in [0.29, 0.717) is 0 Å². The minimum absolute atomic E-state index is 0.926. The Balaban J connectivity index is 1.71. The van der Waals surface area contributed by atoms with Crippen LogP contribution in [0.1, 0.15) is 51.4 Å². The van der Waals surface area contributed by atoms with Crippen LogP contribution in [0.5, 0.6) is 0 Å². The molecule has 5 aliphatic carbocycles. The van der Waals surface area contributed by atoms with Crippen molar-refractivity contribution in [2.75, 3.05) is 0 Å². The van der Waals surface area contributed by atoms with E-state index in [1.807, 2.05) is 0 Å². The molecule has 15 heavy (non-hydrogen) atoms. The summed E-state index contributed by atoms with van der Waals surface area (Å²) in [5.41, 5.74) is 0.926. The van der Waals surface area contributed by atoms with Crippen LogP contribution >= 0.6 is 0 Å². The van der Waals surface area contributed by atoms with Crippen molar-refractivity contribution in [1.82, 2.24) is 0 Å². The quantitative estimate of drug-likeness (QED) is 0.559. The lowest BCUT2D eigenvalue weighted by molar-refractivity contribution is 0.166. The molecule has 7 unspecified atom stereocenters. The molecular formula is C15H22. The van der Waals surface area contributed by atoms with Gasteiger partial charge >= 0.3 is 0 Å². The Labute approximate surface area is 92.8 Å². The standard InChI is InChI=1S/C15H22/c1-2-12-11-4-3-9-8-10-5-7-15(12,6-1)14(10)13(9)11/h9-14H,1-8H2. The van der Waals surface area contributed by atoms with E-state index in [2.05, 4.69) is 0 Å². The SMILES string of the molecule is C1CC2C3CCC4CC5CCC2(C1)C5C43. The Morgan fingerprint density at radius 1 is 0.867 bits per heavy atom. The molecule has 82 valence electrons. The zero-order valence-corrected chi connectivity index (χ0v) is 9.62. The van der Waals surface area contributed by atoms with Crippen LogP contribution in [0.15, 0.2) is 0 Å². The first-order valence-corrected chi connectivity index (χ1v) is 7.40. The summed E-state index contributed by atoms with van der Waals surface area (Å²) in [6, 6.07) is 0. The third-order valence-corrected chi connectivity index (χ3v) is 7.49. The molecule has 5 fully saturated rings. The number of rotatable bonds is 0. The normalized spacial score (nSPS) is 68.8. The molecule has 0 aromatic carbocycles. The molecule has 7 atom stereocenters. The minimum atomic E-state index is 0.926. The van der Waals surface area contributed by atoms with E-state index in [4.69, 9.17) is 0 Å². The fraction of sp³-hybridized carbons (Fsp3) is 1.00. The van der Waals surface area contributed by atoms with Crippen molar-refractivity contribution in [3.05, 3.63) is 0 Å². The highest BCUT2D eigenvalue weighted by Gasteiger charge is 2.70. The second-order valence-corrected chi connectivity index (χ2v) is 7.37. The van der Waals surface area contributed by atoms with Crippen molar-refractivity contribution in [2.24, 2.45) is 40.9 Å². The summed E-state index contributed by atoms with van der Waals surface area (Å²) in [5, 5.41) is 0. The third kappa shape index (κ3) is 0.691.